The van der Waals surface area contributed by atoms with Gasteiger partial charge < -0.3 is 14.9 Å². The number of allylic oxidation sites excluding steroid dienone is 3. The van der Waals surface area contributed by atoms with Crippen LogP contribution < -0.4 is 5.32 Å². The largest absolute Gasteiger partial charge is 0.462 e. The van der Waals surface area contributed by atoms with E-state index in [0.717, 1.165) is 24.0 Å². The Hall–Kier alpha value is -2.60. The van der Waals surface area contributed by atoms with Crippen LogP contribution >= 0.6 is 11.6 Å². The number of halogens is 1. The van der Waals surface area contributed by atoms with Gasteiger partial charge in [-0.1, -0.05) is 41.1 Å². The van der Waals surface area contributed by atoms with E-state index in [0.29, 0.717) is 34.9 Å². The highest BCUT2D eigenvalue weighted by Gasteiger charge is 2.21. The molecule has 0 aromatic heterocycles. The van der Waals surface area contributed by atoms with Crippen molar-refractivity contribution in [3.05, 3.63) is 57.6 Å². The van der Waals surface area contributed by atoms with Gasteiger partial charge in [-0.15, -0.1) is 0 Å². The number of nitrogens with zero attached hydrogens (tertiary/aromatic N) is 1. The van der Waals surface area contributed by atoms with Crippen molar-refractivity contribution in [2.24, 2.45) is 5.16 Å². The molecule has 0 spiro atoms. The number of benzene rings is 1. The number of rotatable bonds is 3. The Morgan fingerprint density at radius 2 is 1.93 bits per heavy atom. The van der Waals surface area contributed by atoms with E-state index in [1.807, 2.05) is 38.1 Å². The first-order valence-corrected chi connectivity index (χ1v) is 9.98. The summed E-state index contributed by atoms with van der Waals surface area (Å²) < 4.78 is 5.46. The molecule has 0 bridgehead atoms. The Morgan fingerprint density at radius 3 is 2.69 bits per heavy atom. The number of oxime groups is 1. The predicted molar refractivity (Wildman–Crippen MR) is 114 cm³/mol. The standard InChI is InChI=1S/C22H27ClN2O4/c1-15-12-16(2)21(23)18-13-17(25-29-14-19(26)24-3)10-8-6-4-5-7-9-11-28-22(27)20(15)18/h5,7-8,10,12H,4,6,9,11,13-14H2,1-3H3,(H,24,26)/b7-5+,10-8?,25-17?. The zero-order chi connectivity index (χ0) is 21.2. The van der Waals surface area contributed by atoms with Crippen LogP contribution in [-0.2, 0) is 20.8 Å². The van der Waals surface area contributed by atoms with Crippen LogP contribution in [0.1, 0.15) is 46.3 Å². The molecule has 2 rings (SSSR count). The summed E-state index contributed by atoms with van der Waals surface area (Å²) >= 11 is 6.57. The van der Waals surface area contributed by atoms with Crippen LogP contribution in [0.3, 0.4) is 0 Å². The highest BCUT2D eigenvalue weighted by molar-refractivity contribution is 6.33. The summed E-state index contributed by atoms with van der Waals surface area (Å²) in [7, 11) is 1.53. The molecule has 0 saturated heterocycles. The molecule has 7 heteroatoms. The van der Waals surface area contributed by atoms with Crippen LogP contribution in [0.2, 0.25) is 5.02 Å². The molecule has 1 N–H and O–H groups in total. The average molecular weight is 419 g/mol. The summed E-state index contributed by atoms with van der Waals surface area (Å²) in [6.07, 6.45) is 10.5. The van der Waals surface area contributed by atoms with Gasteiger partial charge in [-0.05, 0) is 55.9 Å². The molecule has 0 unspecified atom stereocenters. The maximum absolute atomic E-state index is 12.8. The summed E-state index contributed by atoms with van der Waals surface area (Å²) in [5.41, 5.74) is 3.33. The van der Waals surface area contributed by atoms with Gasteiger partial charge in [0.2, 0.25) is 0 Å². The van der Waals surface area contributed by atoms with E-state index in [9.17, 15) is 9.59 Å². The SMILES string of the molecule is CNC(=O)CON=C1C=CCC/C=C/CCOC(=O)c2c(C)cc(C)c(Cl)c2C1. The van der Waals surface area contributed by atoms with E-state index in [4.69, 9.17) is 21.2 Å². The number of ether oxygens (including phenoxy) is 1. The van der Waals surface area contributed by atoms with Gasteiger partial charge in [0.05, 0.1) is 17.9 Å². The number of carbonyl (C=O) groups is 2. The van der Waals surface area contributed by atoms with Gasteiger partial charge in [0, 0.05) is 18.5 Å². The highest BCUT2D eigenvalue weighted by Crippen LogP contribution is 2.29. The molecule has 0 radical (unpaired) electrons. The number of esters is 1. The number of likely N-dealkylation sites (N-methyl/N-ethyl adjacent to an activating group) is 1. The third-order valence-corrected chi connectivity index (χ3v) is 4.98. The fraction of sp³-hybridized carbons (Fsp3) is 0.409. The summed E-state index contributed by atoms with van der Waals surface area (Å²) in [5, 5.41) is 7.08. The Bertz CT molecular complexity index is 844. The Labute approximate surface area is 176 Å². The van der Waals surface area contributed by atoms with E-state index in [1.54, 1.807) is 0 Å². The number of carbonyl (C=O) groups excluding carboxylic acids is 2. The molecule has 1 aliphatic rings. The number of fused-ring (bicyclic) bond motifs is 1. The maximum atomic E-state index is 12.8. The lowest BCUT2D eigenvalue weighted by molar-refractivity contribution is -0.125. The van der Waals surface area contributed by atoms with Gasteiger partial charge in [0.1, 0.15) is 0 Å². The van der Waals surface area contributed by atoms with Gasteiger partial charge in [0.25, 0.3) is 5.91 Å². The second-order valence-corrected chi connectivity index (χ2v) is 7.14. The first-order chi connectivity index (χ1) is 13.9. The smallest absolute Gasteiger partial charge is 0.338 e. The fourth-order valence-corrected chi connectivity index (χ4v) is 3.20. The molecule has 0 saturated carbocycles. The number of amides is 1. The number of hydrogen-bond donors (Lipinski definition) is 1. The zero-order valence-corrected chi connectivity index (χ0v) is 17.8. The lowest BCUT2D eigenvalue weighted by atomic mass is 9.94. The normalized spacial score (nSPS) is 17.8. The molecule has 1 aromatic rings. The van der Waals surface area contributed by atoms with Crippen LogP contribution in [0.15, 0.2) is 35.5 Å². The van der Waals surface area contributed by atoms with Crippen LogP contribution in [0.25, 0.3) is 0 Å². The molecule has 6 nitrogen and oxygen atoms in total. The molecule has 0 aliphatic carbocycles. The van der Waals surface area contributed by atoms with Crippen LogP contribution in [0.4, 0.5) is 0 Å². The molecule has 0 atom stereocenters. The van der Waals surface area contributed by atoms with Crippen molar-refractivity contribution in [3.63, 3.8) is 0 Å². The van der Waals surface area contributed by atoms with E-state index in [2.05, 4.69) is 16.5 Å². The van der Waals surface area contributed by atoms with Crippen LogP contribution in [0, 0.1) is 13.8 Å². The van der Waals surface area contributed by atoms with Crippen molar-refractivity contribution in [2.45, 2.75) is 39.5 Å². The molecule has 1 amide bonds. The summed E-state index contributed by atoms with van der Waals surface area (Å²) in [4.78, 5) is 29.4. The molecule has 1 aliphatic heterocycles. The summed E-state index contributed by atoms with van der Waals surface area (Å²) in [6.45, 7) is 3.88. The van der Waals surface area contributed by atoms with Crippen molar-refractivity contribution in [2.75, 3.05) is 20.3 Å². The third-order valence-electron chi connectivity index (χ3n) is 4.45. The van der Waals surface area contributed by atoms with Gasteiger partial charge >= 0.3 is 5.97 Å². The lowest BCUT2D eigenvalue weighted by Gasteiger charge is -2.16. The first kappa shape index (κ1) is 22.7. The molecule has 1 heterocycles. The quantitative estimate of drug-likeness (QED) is 0.456. The van der Waals surface area contributed by atoms with Gasteiger partial charge in [-0.2, -0.15) is 0 Å². The highest BCUT2D eigenvalue weighted by atomic mass is 35.5. The van der Waals surface area contributed by atoms with E-state index >= 15 is 0 Å². The van der Waals surface area contributed by atoms with Crippen molar-refractivity contribution in [1.82, 2.24) is 5.32 Å². The van der Waals surface area contributed by atoms with E-state index in [-0.39, 0.29) is 18.9 Å². The van der Waals surface area contributed by atoms with Gasteiger partial charge in [-0.25, -0.2) is 4.79 Å². The maximum Gasteiger partial charge on any atom is 0.338 e. The van der Waals surface area contributed by atoms with E-state index in [1.165, 1.54) is 7.05 Å². The third kappa shape index (κ3) is 6.75. The first-order valence-electron chi connectivity index (χ1n) is 9.60. The monoisotopic (exact) mass is 418 g/mol. The van der Waals surface area contributed by atoms with Crippen molar-refractivity contribution >= 4 is 29.2 Å². The Kier molecular flexibility index (Phi) is 8.93. The number of cyclic esters (lactones) is 1. The van der Waals surface area contributed by atoms with Gasteiger partial charge in [-0.3, -0.25) is 4.79 Å². The fourth-order valence-electron chi connectivity index (χ4n) is 2.98. The van der Waals surface area contributed by atoms with E-state index < -0.39 is 5.97 Å². The van der Waals surface area contributed by atoms with Crippen molar-refractivity contribution < 1.29 is 19.2 Å². The minimum absolute atomic E-state index is 0.188. The minimum Gasteiger partial charge on any atom is -0.462 e. The molecule has 29 heavy (non-hydrogen) atoms. The van der Waals surface area contributed by atoms with Gasteiger partial charge in [0.15, 0.2) is 6.61 Å². The molecular weight excluding hydrogens is 392 g/mol. The number of hydrogen-bond acceptors (Lipinski definition) is 5. The van der Waals surface area contributed by atoms with Crippen molar-refractivity contribution in [3.8, 4) is 0 Å². The molecule has 0 fully saturated rings. The lowest BCUT2D eigenvalue weighted by Crippen LogP contribution is -2.22. The molecule has 1 aromatic carbocycles. The zero-order valence-electron chi connectivity index (χ0n) is 17.1. The van der Waals surface area contributed by atoms with Crippen LogP contribution in [0.5, 0.6) is 0 Å². The Morgan fingerprint density at radius 1 is 1.21 bits per heavy atom. The predicted octanol–water partition coefficient (Wildman–Crippen LogP) is 4.07. The molecular formula is C22H27ClN2O4. The molecule has 156 valence electrons. The average Bonchev–Trinajstić information content (AvgIpc) is 2.69. The topological polar surface area (TPSA) is 77.0 Å². The Balaban J connectivity index is 2.45. The number of aryl methyl sites for hydroxylation is 2. The van der Waals surface area contributed by atoms with Crippen LogP contribution in [-0.4, -0.2) is 37.8 Å². The summed E-state index contributed by atoms with van der Waals surface area (Å²) in [6, 6.07) is 1.88. The second-order valence-electron chi connectivity index (χ2n) is 6.76. The minimum atomic E-state index is -0.403. The summed E-state index contributed by atoms with van der Waals surface area (Å²) in [5.74, 6) is -0.683. The second kappa shape index (κ2) is 11.4. The van der Waals surface area contributed by atoms with Crippen molar-refractivity contribution in [1.29, 1.82) is 0 Å². The number of nitrogens with one attached hydrogen (secondary N) is 1.